The smallest absolute Gasteiger partial charge is 0.265 e. The summed E-state index contributed by atoms with van der Waals surface area (Å²) < 4.78 is 5.86. The minimum absolute atomic E-state index is 0.154. The van der Waals surface area contributed by atoms with Crippen LogP contribution >= 0.6 is 23.1 Å². The van der Waals surface area contributed by atoms with Crippen LogP contribution in [-0.2, 0) is 4.79 Å². The summed E-state index contributed by atoms with van der Waals surface area (Å²) in [6.07, 6.45) is 0. The number of carbonyl (C=O) groups is 2. The van der Waals surface area contributed by atoms with Crippen molar-refractivity contribution < 1.29 is 14.0 Å². The highest BCUT2D eigenvalue weighted by Gasteiger charge is 2.23. The number of amides is 2. The van der Waals surface area contributed by atoms with Crippen molar-refractivity contribution in [1.29, 1.82) is 0 Å². The van der Waals surface area contributed by atoms with Gasteiger partial charge in [-0.1, -0.05) is 54.6 Å². The maximum atomic E-state index is 13.6. The number of nitrogens with one attached hydrogen (secondary N) is 2. The number of hydrogen-bond acceptors (Lipinski definition) is 6. The van der Waals surface area contributed by atoms with Crippen LogP contribution in [0.5, 0.6) is 0 Å². The minimum Gasteiger partial charge on any atom is -0.436 e. The largest absolute Gasteiger partial charge is 0.436 e. The zero-order valence-corrected chi connectivity index (χ0v) is 22.7. The second-order valence-electron chi connectivity index (χ2n) is 8.92. The summed E-state index contributed by atoms with van der Waals surface area (Å²) >= 11 is 2.81. The number of para-hydroxylation sites is 2. The quantitative estimate of drug-likeness (QED) is 0.183. The lowest BCUT2D eigenvalue weighted by atomic mass is 10.1. The van der Waals surface area contributed by atoms with Crippen molar-refractivity contribution in [3.8, 4) is 11.5 Å². The average molecular weight is 562 g/mol. The van der Waals surface area contributed by atoms with Crippen molar-refractivity contribution >= 4 is 57.4 Å². The summed E-state index contributed by atoms with van der Waals surface area (Å²) in [5, 5.41) is 7.35. The molecule has 1 atom stereocenters. The Morgan fingerprint density at radius 3 is 2.35 bits per heavy atom. The standard InChI is InChI=1S/C32H23N3O3S2/c36-30(28-14-7-19-39-28)34-24-10-6-11-25(20-24)40-29(21-8-2-1-3-9-21)31(37)33-23-17-15-22(16-18-23)32-35-26-12-4-5-13-27(26)38-32/h1-20,29H,(H,33,37)(H,34,36). The number of benzene rings is 4. The molecular formula is C32H23N3O3S2. The number of hydrogen-bond donors (Lipinski definition) is 2. The van der Waals surface area contributed by atoms with Gasteiger partial charge in [0, 0.05) is 21.8 Å². The third-order valence-electron chi connectivity index (χ3n) is 6.12. The van der Waals surface area contributed by atoms with Crippen LogP contribution < -0.4 is 10.6 Å². The molecule has 2 N–H and O–H groups in total. The van der Waals surface area contributed by atoms with Crippen molar-refractivity contribution in [3.63, 3.8) is 0 Å². The lowest BCUT2D eigenvalue weighted by molar-refractivity contribution is -0.115. The molecule has 196 valence electrons. The van der Waals surface area contributed by atoms with Gasteiger partial charge in [0.25, 0.3) is 5.91 Å². The van der Waals surface area contributed by atoms with Gasteiger partial charge in [0.1, 0.15) is 10.8 Å². The average Bonchev–Trinajstić information content (AvgIpc) is 3.68. The second kappa shape index (κ2) is 11.6. The maximum absolute atomic E-state index is 13.6. The molecule has 6 aromatic rings. The molecule has 6 nitrogen and oxygen atoms in total. The lowest BCUT2D eigenvalue weighted by Gasteiger charge is -2.18. The number of nitrogens with zero attached hydrogens (tertiary/aromatic N) is 1. The maximum Gasteiger partial charge on any atom is 0.265 e. The van der Waals surface area contributed by atoms with Crippen molar-refractivity contribution in [2.75, 3.05) is 10.6 Å². The predicted octanol–water partition coefficient (Wildman–Crippen LogP) is 8.28. The zero-order chi connectivity index (χ0) is 27.3. The third-order valence-corrected chi connectivity index (χ3v) is 8.24. The van der Waals surface area contributed by atoms with Gasteiger partial charge in [-0.05, 0) is 71.6 Å². The fourth-order valence-corrected chi connectivity index (χ4v) is 5.89. The van der Waals surface area contributed by atoms with Crippen LogP contribution in [0.3, 0.4) is 0 Å². The van der Waals surface area contributed by atoms with Gasteiger partial charge in [-0.25, -0.2) is 4.98 Å². The molecule has 2 aromatic heterocycles. The lowest BCUT2D eigenvalue weighted by Crippen LogP contribution is -2.19. The highest BCUT2D eigenvalue weighted by molar-refractivity contribution is 8.00. The molecule has 0 radical (unpaired) electrons. The molecule has 0 saturated carbocycles. The van der Waals surface area contributed by atoms with Gasteiger partial charge in [-0.2, -0.15) is 0 Å². The fourth-order valence-electron chi connectivity index (χ4n) is 4.18. The molecule has 0 aliphatic carbocycles. The van der Waals surface area contributed by atoms with Crippen molar-refractivity contribution in [1.82, 2.24) is 4.98 Å². The van der Waals surface area contributed by atoms with Crippen molar-refractivity contribution in [3.05, 3.63) is 131 Å². The number of thiophene rings is 1. The van der Waals surface area contributed by atoms with Crippen LogP contribution in [0, 0.1) is 0 Å². The Hall–Kier alpha value is -4.66. The van der Waals surface area contributed by atoms with Gasteiger partial charge in [0.05, 0.1) is 4.88 Å². The van der Waals surface area contributed by atoms with E-state index >= 15 is 0 Å². The third kappa shape index (κ3) is 5.83. The van der Waals surface area contributed by atoms with E-state index in [-0.39, 0.29) is 11.8 Å². The minimum atomic E-state index is -0.513. The molecule has 8 heteroatoms. The molecule has 2 amide bonds. The predicted molar refractivity (Wildman–Crippen MR) is 162 cm³/mol. The number of thioether (sulfide) groups is 1. The summed E-state index contributed by atoms with van der Waals surface area (Å²) in [6.45, 7) is 0. The van der Waals surface area contributed by atoms with E-state index in [2.05, 4.69) is 15.6 Å². The van der Waals surface area contributed by atoms with E-state index in [9.17, 15) is 9.59 Å². The van der Waals surface area contributed by atoms with Crippen LogP contribution in [-0.4, -0.2) is 16.8 Å². The zero-order valence-electron chi connectivity index (χ0n) is 21.1. The Morgan fingerprint density at radius 2 is 1.57 bits per heavy atom. The summed E-state index contributed by atoms with van der Waals surface area (Å²) in [6, 6.07) is 35.9. The first kappa shape index (κ1) is 25.6. The number of rotatable bonds is 8. The van der Waals surface area contributed by atoms with E-state index in [1.165, 1.54) is 23.1 Å². The molecule has 40 heavy (non-hydrogen) atoms. The van der Waals surface area contributed by atoms with E-state index in [0.717, 1.165) is 27.1 Å². The summed E-state index contributed by atoms with van der Waals surface area (Å²) in [4.78, 5) is 32.1. The summed E-state index contributed by atoms with van der Waals surface area (Å²) in [5.74, 6) is 0.220. The highest BCUT2D eigenvalue weighted by Crippen LogP contribution is 2.37. The number of oxazole rings is 1. The molecular weight excluding hydrogens is 539 g/mol. The van der Waals surface area contributed by atoms with Crippen LogP contribution in [0.1, 0.15) is 20.5 Å². The SMILES string of the molecule is O=C(Nc1cccc(SC(C(=O)Nc2ccc(-c3nc4ccccc4o3)cc2)c2ccccc2)c1)c1cccs1. The first-order valence-corrected chi connectivity index (χ1v) is 14.3. The van der Waals surface area contributed by atoms with Gasteiger partial charge in [0.15, 0.2) is 5.58 Å². The first-order chi connectivity index (χ1) is 19.6. The molecule has 0 saturated heterocycles. The molecule has 2 heterocycles. The van der Waals surface area contributed by atoms with E-state index in [1.54, 1.807) is 6.07 Å². The highest BCUT2D eigenvalue weighted by atomic mass is 32.2. The molecule has 0 aliphatic rings. The van der Waals surface area contributed by atoms with Gasteiger partial charge in [-0.15, -0.1) is 23.1 Å². The molecule has 0 fully saturated rings. The molecule has 6 rings (SSSR count). The van der Waals surface area contributed by atoms with Gasteiger partial charge < -0.3 is 15.1 Å². The molecule has 4 aromatic carbocycles. The number of fused-ring (bicyclic) bond motifs is 1. The van der Waals surface area contributed by atoms with Crippen molar-refractivity contribution in [2.45, 2.75) is 10.1 Å². The number of aromatic nitrogens is 1. The Bertz CT molecular complexity index is 1730. The first-order valence-electron chi connectivity index (χ1n) is 12.6. The molecule has 1 unspecified atom stereocenters. The van der Waals surface area contributed by atoms with E-state index < -0.39 is 5.25 Å². The summed E-state index contributed by atoms with van der Waals surface area (Å²) in [7, 11) is 0. The topological polar surface area (TPSA) is 84.2 Å². The summed E-state index contributed by atoms with van der Waals surface area (Å²) in [5.41, 5.74) is 4.57. The Labute approximate surface area is 239 Å². The Kier molecular flexibility index (Phi) is 7.43. The molecule has 0 spiro atoms. The number of carbonyl (C=O) groups excluding carboxylic acids is 2. The van der Waals surface area contributed by atoms with E-state index in [0.29, 0.717) is 22.1 Å². The van der Waals surface area contributed by atoms with Crippen LogP contribution in [0.15, 0.2) is 130 Å². The van der Waals surface area contributed by atoms with Crippen LogP contribution in [0.2, 0.25) is 0 Å². The molecule has 0 aliphatic heterocycles. The van der Waals surface area contributed by atoms with Gasteiger partial charge >= 0.3 is 0 Å². The van der Waals surface area contributed by atoms with Gasteiger partial charge in [-0.3, -0.25) is 9.59 Å². The monoisotopic (exact) mass is 561 g/mol. The Balaban J connectivity index is 1.19. The van der Waals surface area contributed by atoms with Crippen molar-refractivity contribution in [2.24, 2.45) is 0 Å². The van der Waals surface area contributed by atoms with E-state index in [4.69, 9.17) is 4.42 Å². The number of anilines is 2. The van der Waals surface area contributed by atoms with E-state index in [1.807, 2.05) is 115 Å². The second-order valence-corrected chi connectivity index (χ2v) is 11.0. The van der Waals surface area contributed by atoms with Gasteiger partial charge in [0.2, 0.25) is 11.8 Å². The normalized spacial score (nSPS) is 11.7. The fraction of sp³-hybridized carbons (Fsp3) is 0.0312. The molecule has 0 bridgehead atoms. The Morgan fingerprint density at radius 1 is 0.775 bits per heavy atom. The van der Waals surface area contributed by atoms with Crippen LogP contribution in [0.4, 0.5) is 11.4 Å². The van der Waals surface area contributed by atoms with Crippen LogP contribution in [0.25, 0.3) is 22.6 Å².